The molecule has 112 valence electrons. The van der Waals surface area contributed by atoms with Gasteiger partial charge in [-0.1, -0.05) is 48.9 Å². The molecule has 0 radical (unpaired) electrons. The van der Waals surface area contributed by atoms with Gasteiger partial charge in [-0.2, -0.15) is 0 Å². The van der Waals surface area contributed by atoms with Gasteiger partial charge in [0.1, 0.15) is 6.10 Å². The molecule has 6 heteroatoms. The predicted molar refractivity (Wildman–Crippen MR) is 79.2 cm³/mol. The van der Waals surface area contributed by atoms with Gasteiger partial charge in [-0.3, -0.25) is 4.57 Å². The molecule has 0 N–H and O–H groups in total. The van der Waals surface area contributed by atoms with Gasteiger partial charge in [0.25, 0.3) is 4.80 Å². The molecule has 0 bridgehead atoms. The molecule has 1 saturated heterocycles. The summed E-state index contributed by atoms with van der Waals surface area (Å²) in [5.74, 6) is 0.0166. The molecular weight excluding hydrogens is 299 g/mol. The minimum atomic E-state index is -3.48. The monoisotopic (exact) mass is 318 g/mol. The first kappa shape index (κ1) is 16.0. The van der Waals surface area contributed by atoms with Crippen molar-refractivity contribution in [1.82, 2.24) is 0 Å². The summed E-state index contributed by atoms with van der Waals surface area (Å²) in [6.45, 7) is 6.03. The first-order valence-corrected chi connectivity index (χ1v) is 8.71. The number of alkyl halides is 1. The summed E-state index contributed by atoms with van der Waals surface area (Å²) in [5, 5.41) is 0. The van der Waals surface area contributed by atoms with E-state index in [0.717, 1.165) is 5.56 Å². The molecule has 0 spiro atoms. The number of benzene rings is 1. The van der Waals surface area contributed by atoms with E-state index in [4.69, 9.17) is 25.4 Å². The summed E-state index contributed by atoms with van der Waals surface area (Å²) in [4.78, 5) is -1.37. The van der Waals surface area contributed by atoms with Crippen molar-refractivity contribution in [2.45, 2.75) is 37.6 Å². The molecule has 1 aliphatic heterocycles. The van der Waals surface area contributed by atoms with Gasteiger partial charge in [-0.25, -0.2) is 0 Å². The smallest absolute Gasteiger partial charge is 0.338 e. The molecule has 1 aliphatic rings. The second-order valence-electron chi connectivity index (χ2n) is 4.68. The minimum Gasteiger partial charge on any atom is -0.338 e. The van der Waals surface area contributed by atoms with Crippen LogP contribution in [0.1, 0.15) is 32.3 Å². The molecule has 3 atom stereocenters. The van der Waals surface area contributed by atoms with E-state index in [1.54, 1.807) is 13.8 Å². The van der Waals surface area contributed by atoms with Crippen molar-refractivity contribution in [3.8, 4) is 0 Å². The quantitative estimate of drug-likeness (QED) is 0.426. The van der Waals surface area contributed by atoms with Crippen LogP contribution in [0.3, 0.4) is 0 Å². The van der Waals surface area contributed by atoms with Gasteiger partial charge in [0.15, 0.2) is 0 Å². The highest BCUT2D eigenvalue weighted by Crippen LogP contribution is 2.74. The van der Waals surface area contributed by atoms with Crippen LogP contribution in [0, 0.1) is 0 Å². The average molecular weight is 319 g/mol. The fourth-order valence-electron chi connectivity index (χ4n) is 2.26. The van der Waals surface area contributed by atoms with E-state index in [2.05, 4.69) is 0 Å². The third-order valence-electron chi connectivity index (χ3n) is 3.34. The van der Waals surface area contributed by atoms with E-state index in [1.807, 2.05) is 37.3 Å². The largest absolute Gasteiger partial charge is 0.380 e. The van der Waals surface area contributed by atoms with Crippen LogP contribution in [0.2, 0.25) is 0 Å². The highest BCUT2D eigenvalue weighted by Gasteiger charge is 2.71. The zero-order valence-electron chi connectivity index (χ0n) is 11.9. The normalized spacial score (nSPS) is 27.3. The summed E-state index contributed by atoms with van der Waals surface area (Å²) in [5.41, 5.74) is 1.08. The highest BCUT2D eigenvalue weighted by molar-refractivity contribution is 7.58. The van der Waals surface area contributed by atoms with Crippen LogP contribution in [-0.4, -0.2) is 24.1 Å². The van der Waals surface area contributed by atoms with E-state index < -0.39 is 12.4 Å². The van der Waals surface area contributed by atoms with E-state index in [0.29, 0.717) is 0 Å². The zero-order valence-corrected chi connectivity index (χ0v) is 13.6. The number of epoxide rings is 1. The molecular formula is C14H20ClO4P. The minimum absolute atomic E-state index is 0.0166. The lowest BCUT2D eigenvalue weighted by atomic mass is 9.98. The number of rotatable bonds is 7. The topological polar surface area (TPSA) is 48.1 Å². The molecule has 1 aromatic rings. The lowest BCUT2D eigenvalue weighted by Gasteiger charge is -2.20. The van der Waals surface area contributed by atoms with Crippen molar-refractivity contribution in [2.75, 3.05) is 13.2 Å². The van der Waals surface area contributed by atoms with Crippen LogP contribution < -0.4 is 0 Å². The standard InChI is InChI=1S/C14H20ClO4P/c1-4-17-20(16,18-5-2)14(15)13(19-14)11(3)12-9-7-6-8-10-12/h6-11,13H,4-5H2,1-3H3/t11?,13-,14+/m0/s1. The molecule has 1 fully saturated rings. The third-order valence-corrected chi connectivity index (χ3v) is 6.57. The highest BCUT2D eigenvalue weighted by atomic mass is 35.5. The number of ether oxygens (including phenoxy) is 1. The Bertz CT molecular complexity index is 485. The molecule has 0 saturated carbocycles. The van der Waals surface area contributed by atoms with Gasteiger partial charge in [0.2, 0.25) is 0 Å². The number of halogens is 1. The molecule has 0 aromatic heterocycles. The Morgan fingerprint density at radius 1 is 1.30 bits per heavy atom. The van der Waals surface area contributed by atoms with E-state index in [9.17, 15) is 4.57 Å². The van der Waals surface area contributed by atoms with Crippen molar-refractivity contribution in [3.05, 3.63) is 35.9 Å². The molecule has 1 heterocycles. The molecule has 4 nitrogen and oxygen atoms in total. The third kappa shape index (κ3) is 2.81. The Hall–Kier alpha value is -0.380. The zero-order chi connectivity index (χ0) is 14.8. The van der Waals surface area contributed by atoms with Crippen LogP contribution in [-0.2, 0) is 18.3 Å². The fourth-order valence-corrected chi connectivity index (χ4v) is 4.72. The predicted octanol–water partition coefficient (Wildman–Crippen LogP) is 4.35. The van der Waals surface area contributed by atoms with Crippen LogP contribution >= 0.6 is 19.2 Å². The number of hydrogen-bond donors (Lipinski definition) is 0. The Morgan fingerprint density at radius 3 is 2.35 bits per heavy atom. The van der Waals surface area contributed by atoms with Crippen molar-refractivity contribution in [1.29, 1.82) is 0 Å². The van der Waals surface area contributed by atoms with Crippen molar-refractivity contribution in [2.24, 2.45) is 0 Å². The van der Waals surface area contributed by atoms with Crippen molar-refractivity contribution >= 4 is 19.2 Å². The van der Waals surface area contributed by atoms with Crippen LogP contribution in [0.25, 0.3) is 0 Å². The second kappa shape index (κ2) is 6.17. The van der Waals surface area contributed by atoms with Crippen molar-refractivity contribution < 1.29 is 18.3 Å². The van der Waals surface area contributed by atoms with Gasteiger partial charge in [-0.05, 0) is 19.4 Å². The van der Waals surface area contributed by atoms with Gasteiger partial charge in [0.05, 0.1) is 13.2 Å². The number of hydrogen-bond acceptors (Lipinski definition) is 4. The van der Waals surface area contributed by atoms with Gasteiger partial charge < -0.3 is 13.8 Å². The maximum Gasteiger partial charge on any atom is 0.380 e. The summed E-state index contributed by atoms with van der Waals surface area (Å²) in [7, 11) is -3.48. The summed E-state index contributed by atoms with van der Waals surface area (Å²) in [6.07, 6.45) is -0.379. The molecule has 1 unspecified atom stereocenters. The Morgan fingerprint density at radius 2 is 1.85 bits per heavy atom. The molecule has 1 aromatic carbocycles. The average Bonchev–Trinajstić information content (AvgIpc) is 3.14. The van der Waals surface area contributed by atoms with Gasteiger partial charge in [0, 0.05) is 5.92 Å². The van der Waals surface area contributed by atoms with E-state index in [1.165, 1.54) is 0 Å². The van der Waals surface area contributed by atoms with E-state index >= 15 is 0 Å². The summed E-state index contributed by atoms with van der Waals surface area (Å²) < 4.78 is 28.9. The Balaban J connectivity index is 2.17. The maximum atomic E-state index is 12.7. The summed E-state index contributed by atoms with van der Waals surface area (Å²) in [6, 6.07) is 9.85. The lowest BCUT2D eigenvalue weighted by Crippen LogP contribution is -2.16. The molecule has 0 aliphatic carbocycles. The first-order chi connectivity index (χ1) is 9.48. The van der Waals surface area contributed by atoms with Gasteiger partial charge >= 0.3 is 7.60 Å². The maximum absolute atomic E-state index is 12.7. The van der Waals surface area contributed by atoms with Crippen LogP contribution in [0.5, 0.6) is 0 Å². The Kier molecular flexibility index (Phi) is 4.93. The van der Waals surface area contributed by atoms with Crippen LogP contribution in [0.4, 0.5) is 0 Å². The Labute approximate surface area is 124 Å². The molecule has 2 rings (SSSR count). The molecule has 20 heavy (non-hydrogen) atoms. The fraction of sp³-hybridized carbons (Fsp3) is 0.571. The van der Waals surface area contributed by atoms with Gasteiger partial charge in [-0.15, -0.1) is 0 Å². The van der Waals surface area contributed by atoms with Crippen molar-refractivity contribution in [3.63, 3.8) is 0 Å². The molecule has 0 amide bonds. The lowest BCUT2D eigenvalue weighted by molar-refractivity contribution is 0.202. The summed E-state index contributed by atoms with van der Waals surface area (Å²) >= 11 is 6.38. The van der Waals surface area contributed by atoms with E-state index in [-0.39, 0.29) is 25.2 Å². The second-order valence-corrected chi connectivity index (χ2v) is 7.68. The SMILES string of the molecule is CCOP(=O)(OCC)[C@]1(Cl)O[C@H]1C(C)c1ccccc1. The van der Waals surface area contributed by atoms with Crippen LogP contribution in [0.15, 0.2) is 30.3 Å². The first-order valence-electron chi connectivity index (χ1n) is 6.79.